The molecule has 1 rings (SSSR count). The molecule has 90 valence electrons. The Labute approximate surface area is 97.8 Å². The second kappa shape index (κ2) is 4.97. The van der Waals surface area contributed by atoms with Crippen molar-refractivity contribution in [1.29, 1.82) is 0 Å². The fourth-order valence-corrected chi connectivity index (χ4v) is 1.49. The van der Waals surface area contributed by atoms with Crippen molar-refractivity contribution in [3.05, 3.63) is 28.8 Å². The van der Waals surface area contributed by atoms with E-state index in [9.17, 15) is 13.9 Å². The maximum Gasteiger partial charge on any atom is 0.387 e. The molecular formula is C11H13ClF2O2. The smallest absolute Gasteiger partial charge is 0.387 e. The zero-order valence-corrected chi connectivity index (χ0v) is 9.76. The standard InChI is InChI=1S/C11H13ClF2O2/c1-11(2,6-15)8-5-7(12)3-4-9(8)16-10(13)14/h3-5,10,15H,6H2,1-2H3. The van der Waals surface area contributed by atoms with E-state index in [-0.39, 0.29) is 12.4 Å². The normalized spacial score (nSPS) is 11.9. The van der Waals surface area contributed by atoms with Gasteiger partial charge < -0.3 is 9.84 Å². The molecule has 0 atom stereocenters. The molecule has 0 aromatic heterocycles. The third kappa shape index (κ3) is 3.06. The highest BCUT2D eigenvalue weighted by Crippen LogP contribution is 2.34. The number of aliphatic hydroxyl groups excluding tert-OH is 1. The lowest BCUT2D eigenvalue weighted by atomic mass is 9.85. The second-order valence-electron chi connectivity index (χ2n) is 4.06. The van der Waals surface area contributed by atoms with Crippen molar-refractivity contribution in [1.82, 2.24) is 0 Å². The monoisotopic (exact) mass is 250 g/mol. The lowest BCUT2D eigenvalue weighted by molar-refractivity contribution is -0.0511. The van der Waals surface area contributed by atoms with Crippen molar-refractivity contribution in [2.45, 2.75) is 25.9 Å². The molecule has 0 bridgehead atoms. The number of ether oxygens (including phenoxy) is 1. The minimum Gasteiger partial charge on any atom is -0.435 e. The van der Waals surface area contributed by atoms with E-state index >= 15 is 0 Å². The second-order valence-corrected chi connectivity index (χ2v) is 4.50. The quantitative estimate of drug-likeness (QED) is 0.889. The minimum atomic E-state index is -2.89. The first-order chi connectivity index (χ1) is 7.36. The molecule has 0 aliphatic rings. The number of hydrogen-bond acceptors (Lipinski definition) is 2. The summed E-state index contributed by atoms with van der Waals surface area (Å²) in [5.74, 6) is 0.0402. The van der Waals surface area contributed by atoms with Gasteiger partial charge in [0.15, 0.2) is 0 Å². The van der Waals surface area contributed by atoms with Gasteiger partial charge in [-0.2, -0.15) is 8.78 Å². The summed E-state index contributed by atoms with van der Waals surface area (Å²) in [5.41, 5.74) is -0.224. The van der Waals surface area contributed by atoms with Gasteiger partial charge >= 0.3 is 6.61 Å². The molecule has 2 nitrogen and oxygen atoms in total. The van der Waals surface area contributed by atoms with E-state index in [1.165, 1.54) is 18.2 Å². The Morgan fingerprint density at radius 3 is 2.56 bits per heavy atom. The Bertz CT molecular complexity index is 367. The molecule has 16 heavy (non-hydrogen) atoms. The number of benzene rings is 1. The van der Waals surface area contributed by atoms with Crippen molar-refractivity contribution in [3.63, 3.8) is 0 Å². The summed E-state index contributed by atoms with van der Waals surface area (Å²) in [6, 6.07) is 4.37. The number of alkyl halides is 2. The molecule has 0 radical (unpaired) electrons. The molecule has 0 spiro atoms. The summed E-state index contributed by atoms with van der Waals surface area (Å²) in [7, 11) is 0. The van der Waals surface area contributed by atoms with Crippen LogP contribution in [0.15, 0.2) is 18.2 Å². The largest absolute Gasteiger partial charge is 0.435 e. The van der Waals surface area contributed by atoms with Crippen LogP contribution in [0.1, 0.15) is 19.4 Å². The van der Waals surface area contributed by atoms with E-state index in [0.717, 1.165) is 0 Å². The van der Waals surface area contributed by atoms with Crippen LogP contribution in [-0.4, -0.2) is 18.3 Å². The predicted molar refractivity (Wildman–Crippen MR) is 58.2 cm³/mol. The third-order valence-corrected chi connectivity index (χ3v) is 2.52. The first kappa shape index (κ1) is 13.2. The van der Waals surface area contributed by atoms with E-state index < -0.39 is 12.0 Å². The molecule has 0 saturated carbocycles. The lowest BCUT2D eigenvalue weighted by Crippen LogP contribution is -2.23. The van der Waals surface area contributed by atoms with Gasteiger partial charge in [0.1, 0.15) is 5.75 Å². The van der Waals surface area contributed by atoms with Crippen LogP contribution in [0.2, 0.25) is 5.02 Å². The minimum absolute atomic E-state index is 0.0402. The van der Waals surface area contributed by atoms with E-state index in [1.54, 1.807) is 13.8 Å². The molecule has 0 aliphatic heterocycles. The van der Waals surface area contributed by atoms with Crippen molar-refractivity contribution in [3.8, 4) is 5.75 Å². The van der Waals surface area contributed by atoms with Gasteiger partial charge in [-0.3, -0.25) is 0 Å². The predicted octanol–water partition coefficient (Wildman–Crippen LogP) is 3.21. The van der Waals surface area contributed by atoms with Gasteiger partial charge in [-0.1, -0.05) is 25.4 Å². The summed E-state index contributed by atoms with van der Waals surface area (Å²) < 4.78 is 28.7. The van der Waals surface area contributed by atoms with Crippen molar-refractivity contribution >= 4 is 11.6 Å². The summed E-state index contributed by atoms with van der Waals surface area (Å²) >= 11 is 5.79. The highest BCUT2D eigenvalue weighted by Gasteiger charge is 2.25. The fraction of sp³-hybridized carbons (Fsp3) is 0.455. The van der Waals surface area contributed by atoms with Crippen LogP contribution in [0.3, 0.4) is 0 Å². The highest BCUT2D eigenvalue weighted by atomic mass is 35.5. The van der Waals surface area contributed by atoms with E-state index in [2.05, 4.69) is 4.74 Å². The van der Waals surface area contributed by atoms with Gasteiger partial charge in [0, 0.05) is 16.0 Å². The van der Waals surface area contributed by atoms with Crippen LogP contribution in [0.25, 0.3) is 0 Å². The third-order valence-electron chi connectivity index (χ3n) is 2.28. The Hall–Kier alpha value is -0.870. The van der Waals surface area contributed by atoms with Crippen LogP contribution in [0, 0.1) is 0 Å². The van der Waals surface area contributed by atoms with E-state index in [0.29, 0.717) is 10.6 Å². The molecule has 0 unspecified atom stereocenters. The maximum absolute atomic E-state index is 12.2. The Morgan fingerprint density at radius 1 is 1.44 bits per heavy atom. The number of aliphatic hydroxyl groups is 1. The summed E-state index contributed by atoms with van der Waals surface area (Å²) in [6.07, 6.45) is 0. The van der Waals surface area contributed by atoms with Crippen LogP contribution in [0.4, 0.5) is 8.78 Å². The molecule has 1 N–H and O–H groups in total. The summed E-state index contributed by atoms with van der Waals surface area (Å²) in [5, 5.41) is 9.63. The maximum atomic E-state index is 12.2. The Kier molecular flexibility index (Phi) is 4.10. The zero-order valence-electron chi connectivity index (χ0n) is 9.01. The van der Waals surface area contributed by atoms with Gasteiger partial charge in [-0.15, -0.1) is 0 Å². The van der Waals surface area contributed by atoms with Gasteiger partial charge in [-0.05, 0) is 18.2 Å². The molecule has 5 heteroatoms. The summed E-state index contributed by atoms with van der Waals surface area (Å²) in [6.45, 7) is 0.357. The van der Waals surface area contributed by atoms with Crippen LogP contribution in [-0.2, 0) is 5.41 Å². The molecule has 0 aliphatic carbocycles. The highest BCUT2D eigenvalue weighted by molar-refractivity contribution is 6.30. The Balaban J connectivity index is 3.18. The number of halogens is 3. The topological polar surface area (TPSA) is 29.5 Å². The van der Waals surface area contributed by atoms with Gasteiger partial charge in [-0.25, -0.2) is 0 Å². The van der Waals surface area contributed by atoms with Gasteiger partial charge in [0.2, 0.25) is 0 Å². The molecule has 0 amide bonds. The van der Waals surface area contributed by atoms with Gasteiger partial charge in [0.05, 0.1) is 6.61 Å². The lowest BCUT2D eigenvalue weighted by Gasteiger charge is -2.25. The van der Waals surface area contributed by atoms with Crippen LogP contribution < -0.4 is 4.74 Å². The fourth-order valence-electron chi connectivity index (χ4n) is 1.32. The molecule has 1 aromatic carbocycles. The SMILES string of the molecule is CC(C)(CO)c1cc(Cl)ccc1OC(F)F. The average molecular weight is 251 g/mol. The first-order valence-electron chi connectivity index (χ1n) is 4.72. The molecule has 0 saturated heterocycles. The van der Waals surface area contributed by atoms with E-state index in [1.807, 2.05) is 0 Å². The average Bonchev–Trinajstić information content (AvgIpc) is 2.20. The molecule has 0 fully saturated rings. The molecule has 0 heterocycles. The van der Waals surface area contributed by atoms with Crippen molar-refractivity contribution < 1.29 is 18.6 Å². The molecule has 1 aromatic rings. The van der Waals surface area contributed by atoms with E-state index in [4.69, 9.17) is 11.6 Å². The zero-order chi connectivity index (χ0) is 12.3. The summed E-state index contributed by atoms with van der Waals surface area (Å²) in [4.78, 5) is 0. The Morgan fingerprint density at radius 2 is 2.06 bits per heavy atom. The van der Waals surface area contributed by atoms with Crippen molar-refractivity contribution in [2.24, 2.45) is 0 Å². The number of rotatable bonds is 4. The van der Waals surface area contributed by atoms with Crippen LogP contribution >= 0.6 is 11.6 Å². The van der Waals surface area contributed by atoms with Gasteiger partial charge in [0.25, 0.3) is 0 Å². The van der Waals surface area contributed by atoms with Crippen LogP contribution in [0.5, 0.6) is 5.75 Å². The molecular weight excluding hydrogens is 238 g/mol. The first-order valence-corrected chi connectivity index (χ1v) is 5.10. The van der Waals surface area contributed by atoms with Crippen molar-refractivity contribution in [2.75, 3.05) is 6.61 Å². The number of hydrogen-bond donors (Lipinski definition) is 1.